The second-order valence-corrected chi connectivity index (χ2v) is 8.38. The van der Waals surface area contributed by atoms with E-state index in [2.05, 4.69) is 27.7 Å². The smallest absolute Gasteiger partial charge is 0.406 e. The Balaban J connectivity index is 1.51. The summed E-state index contributed by atoms with van der Waals surface area (Å²) in [5, 5.41) is 0.569. The summed E-state index contributed by atoms with van der Waals surface area (Å²) in [6, 6.07) is 9.24. The summed E-state index contributed by atoms with van der Waals surface area (Å²) in [6.45, 7) is 4.74. The highest BCUT2D eigenvalue weighted by atomic mass is 35.5. The van der Waals surface area contributed by atoms with Crippen LogP contribution < -0.4 is 9.64 Å². The van der Waals surface area contributed by atoms with Crippen molar-refractivity contribution in [1.82, 2.24) is 9.80 Å². The van der Waals surface area contributed by atoms with Gasteiger partial charge in [0.25, 0.3) is 0 Å². The Bertz CT molecular complexity index is 944. The molecular formula is C22H23ClF3N3O2. The van der Waals surface area contributed by atoms with Crippen molar-refractivity contribution in [3.8, 4) is 5.75 Å². The van der Waals surface area contributed by atoms with Crippen molar-refractivity contribution in [1.29, 1.82) is 0 Å². The van der Waals surface area contributed by atoms with E-state index in [4.69, 9.17) is 11.6 Å². The van der Waals surface area contributed by atoms with E-state index in [1.165, 1.54) is 12.1 Å². The molecule has 2 aliphatic rings. The Labute approximate surface area is 183 Å². The monoisotopic (exact) mass is 453 g/mol. The second-order valence-electron chi connectivity index (χ2n) is 7.97. The molecule has 9 heteroatoms. The number of fused-ring (bicyclic) bond motifs is 1. The molecule has 0 aromatic heterocycles. The summed E-state index contributed by atoms with van der Waals surface area (Å²) in [6.07, 6.45) is -3.85. The van der Waals surface area contributed by atoms with Gasteiger partial charge in [0.15, 0.2) is 0 Å². The van der Waals surface area contributed by atoms with Gasteiger partial charge in [-0.05, 0) is 48.0 Å². The van der Waals surface area contributed by atoms with Crippen LogP contribution in [-0.2, 0) is 17.9 Å². The molecule has 5 nitrogen and oxygen atoms in total. The van der Waals surface area contributed by atoms with E-state index < -0.39 is 12.4 Å². The van der Waals surface area contributed by atoms with Gasteiger partial charge in [0.2, 0.25) is 0 Å². The second kappa shape index (κ2) is 8.68. The molecule has 2 heterocycles. The summed E-state index contributed by atoms with van der Waals surface area (Å²) in [7, 11) is 2.10. The first-order chi connectivity index (χ1) is 14.7. The van der Waals surface area contributed by atoms with Gasteiger partial charge < -0.3 is 19.3 Å². The zero-order valence-corrected chi connectivity index (χ0v) is 17.8. The normalized spacial score (nSPS) is 20.0. The number of hydrogen-bond acceptors (Lipinski definition) is 5. The van der Waals surface area contributed by atoms with E-state index in [1.807, 2.05) is 11.0 Å². The van der Waals surface area contributed by atoms with Crippen LogP contribution >= 0.6 is 11.6 Å². The van der Waals surface area contributed by atoms with Gasteiger partial charge in [-0.1, -0.05) is 23.7 Å². The van der Waals surface area contributed by atoms with Gasteiger partial charge in [0.1, 0.15) is 12.0 Å². The molecule has 0 N–H and O–H groups in total. The number of rotatable bonds is 5. The quantitative estimate of drug-likeness (QED) is 0.633. The summed E-state index contributed by atoms with van der Waals surface area (Å²) < 4.78 is 41.0. The average Bonchev–Trinajstić information content (AvgIpc) is 3.06. The van der Waals surface area contributed by atoms with Gasteiger partial charge in [0.05, 0.1) is 6.04 Å². The predicted molar refractivity (Wildman–Crippen MR) is 112 cm³/mol. The number of halogens is 4. The molecule has 31 heavy (non-hydrogen) atoms. The Hall–Kier alpha value is -2.29. The van der Waals surface area contributed by atoms with Crippen molar-refractivity contribution >= 4 is 23.6 Å². The molecule has 1 unspecified atom stereocenters. The van der Waals surface area contributed by atoms with Crippen LogP contribution in [-0.4, -0.2) is 55.7 Å². The maximum atomic E-state index is 12.4. The minimum absolute atomic E-state index is 0.271. The minimum atomic E-state index is -4.72. The number of ether oxygens (including phenoxy) is 1. The van der Waals surface area contributed by atoms with E-state index in [9.17, 15) is 18.0 Å². The Morgan fingerprint density at radius 3 is 2.42 bits per heavy atom. The van der Waals surface area contributed by atoms with Gasteiger partial charge in [-0.15, -0.1) is 13.2 Å². The SMILES string of the molecule is CN1CCN(c2cc(Cl)c3c(c2)CN(Cc2ccc(OC(F)(F)F)cc2)C3C=O)CC1. The van der Waals surface area contributed by atoms with Crippen molar-refractivity contribution < 1.29 is 22.7 Å². The lowest BCUT2D eigenvalue weighted by atomic mass is 10.0. The Morgan fingerprint density at radius 2 is 1.81 bits per heavy atom. The van der Waals surface area contributed by atoms with E-state index in [0.29, 0.717) is 18.1 Å². The number of nitrogens with zero attached hydrogens (tertiary/aromatic N) is 3. The molecule has 2 aromatic carbocycles. The number of carbonyl (C=O) groups excluding carboxylic acids is 1. The molecule has 0 spiro atoms. The molecule has 1 saturated heterocycles. The molecule has 1 fully saturated rings. The standard InChI is InChI=1S/C22H23ClF3N3O2/c1-27-6-8-28(9-7-27)17-10-16-13-29(20(14-30)21(16)19(23)11-17)12-15-2-4-18(5-3-15)31-22(24,25)26/h2-5,10-11,14,20H,6-9,12-13H2,1H3. The first-order valence-electron chi connectivity index (χ1n) is 10.0. The maximum absolute atomic E-state index is 12.4. The zero-order valence-electron chi connectivity index (χ0n) is 17.0. The van der Waals surface area contributed by atoms with Crippen LogP contribution in [0.4, 0.5) is 18.9 Å². The molecule has 0 bridgehead atoms. The van der Waals surface area contributed by atoms with Crippen LogP contribution in [0.5, 0.6) is 5.75 Å². The van der Waals surface area contributed by atoms with E-state index >= 15 is 0 Å². The summed E-state index contributed by atoms with van der Waals surface area (Å²) in [5.74, 6) is -0.271. The fraction of sp³-hybridized carbons (Fsp3) is 0.409. The number of piperazine rings is 1. The summed E-state index contributed by atoms with van der Waals surface area (Å²) in [4.78, 5) is 18.4. The number of benzene rings is 2. The molecule has 0 aliphatic carbocycles. The lowest BCUT2D eigenvalue weighted by molar-refractivity contribution is -0.274. The van der Waals surface area contributed by atoms with Crippen LogP contribution in [0.1, 0.15) is 22.7 Å². The van der Waals surface area contributed by atoms with Crippen LogP contribution in [0.25, 0.3) is 0 Å². The minimum Gasteiger partial charge on any atom is -0.406 e. The van der Waals surface area contributed by atoms with Crippen LogP contribution in [0, 0.1) is 0 Å². The molecule has 0 saturated carbocycles. The number of anilines is 1. The van der Waals surface area contributed by atoms with E-state index in [0.717, 1.165) is 54.8 Å². The molecule has 4 rings (SSSR count). The molecule has 2 aliphatic heterocycles. The first-order valence-corrected chi connectivity index (χ1v) is 10.4. The van der Waals surface area contributed by atoms with E-state index in [1.54, 1.807) is 12.1 Å². The van der Waals surface area contributed by atoms with E-state index in [-0.39, 0.29) is 5.75 Å². The Kier molecular flexibility index (Phi) is 6.14. The summed E-state index contributed by atoms with van der Waals surface area (Å²) >= 11 is 6.60. The van der Waals surface area contributed by atoms with Gasteiger partial charge in [-0.3, -0.25) is 4.90 Å². The van der Waals surface area contributed by atoms with Gasteiger partial charge in [0, 0.05) is 50.0 Å². The molecular weight excluding hydrogens is 431 g/mol. The fourth-order valence-electron chi connectivity index (χ4n) is 4.21. The highest BCUT2D eigenvalue weighted by Crippen LogP contribution is 2.41. The Morgan fingerprint density at radius 1 is 1.13 bits per heavy atom. The van der Waals surface area contributed by atoms with Crippen molar-refractivity contribution in [2.45, 2.75) is 25.5 Å². The fourth-order valence-corrected chi connectivity index (χ4v) is 4.55. The maximum Gasteiger partial charge on any atom is 0.573 e. The highest BCUT2D eigenvalue weighted by Gasteiger charge is 2.34. The number of alkyl halides is 3. The lowest BCUT2D eigenvalue weighted by Crippen LogP contribution is -2.44. The predicted octanol–water partition coefficient (Wildman–Crippen LogP) is 4.25. The zero-order chi connectivity index (χ0) is 22.2. The topological polar surface area (TPSA) is 36.0 Å². The van der Waals surface area contributed by atoms with Crippen molar-refractivity contribution in [3.63, 3.8) is 0 Å². The van der Waals surface area contributed by atoms with Crippen molar-refractivity contribution in [2.24, 2.45) is 0 Å². The van der Waals surface area contributed by atoms with Gasteiger partial charge in [-0.25, -0.2) is 0 Å². The van der Waals surface area contributed by atoms with Crippen LogP contribution in [0.3, 0.4) is 0 Å². The van der Waals surface area contributed by atoms with Crippen LogP contribution in [0.15, 0.2) is 36.4 Å². The van der Waals surface area contributed by atoms with Crippen molar-refractivity contribution in [3.05, 3.63) is 58.1 Å². The number of hydrogen-bond donors (Lipinski definition) is 0. The third kappa shape index (κ3) is 4.97. The summed E-state index contributed by atoms with van der Waals surface area (Å²) in [5.41, 5.74) is 3.66. The van der Waals surface area contributed by atoms with Gasteiger partial charge >= 0.3 is 6.36 Å². The molecule has 2 aromatic rings. The average molecular weight is 454 g/mol. The third-order valence-corrected chi connectivity index (χ3v) is 6.12. The molecule has 1 atom stereocenters. The first kappa shape index (κ1) is 21.9. The number of likely N-dealkylation sites (N-methyl/N-ethyl adjacent to an activating group) is 1. The number of carbonyl (C=O) groups is 1. The largest absolute Gasteiger partial charge is 0.573 e. The highest BCUT2D eigenvalue weighted by molar-refractivity contribution is 6.32. The molecule has 0 amide bonds. The molecule has 0 radical (unpaired) electrons. The van der Waals surface area contributed by atoms with Crippen molar-refractivity contribution in [2.75, 3.05) is 38.1 Å². The number of aldehydes is 1. The lowest BCUT2D eigenvalue weighted by Gasteiger charge is -2.34. The molecule has 166 valence electrons. The van der Waals surface area contributed by atoms with Gasteiger partial charge in [-0.2, -0.15) is 0 Å². The van der Waals surface area contributed by atoms with Crippen LogP contribution in [0.2, 0.25) is 5.02 Å². The third-order valence-electron chi connectivity index (χ3n) is 5.80.